The molecule has 6 fully saturated rings. The Morgan fingerprint density at radius 3 is 1.46 bits per heavy atom. The van der Waals surface area contributed by atoms with E-state index in [0.717, 1.165) is 112 Å². The van der Waals surface area contributed by atoms with Gasteiger partial charge in [0, 0.05) is 74.9 Å². The fourth-order valence-corrected chi connectivity index (χ4v) is 9.37. The first-order valence-electron chi connectivity index (χ1n) is 31.8. The highest BCUT2D eigenvalue weighted by atomic mass is 16.6. The molecule has 24 nitrogen and oxygen atoms in total. The lowest BCUT2D eigenvalue weighted by Crippen LogP contribution is -2.44. The summed E-state index contributed by atoms with van der Waals surface area (Å²) in [7, 11) is 5.81. The minimum absolute atomic E-state index is 0.0347. The largest absolute Gasteiger partial charge is 0.493 e. The highest BCUT2D eigenvalue weighted by Gasteiger charge is 2.38. The molecule has 6 saturated heterocycles. The van der Waals surface area contributed by atoms with Gasteiger partial charge in [0.2, 0.25) is 29.4 Å². The highest BCUT2D eigenvalue weighted by Crippen LogP contribution is 2.38. The average Bonchev–Trinajstić information content (AvgIpc) is 1.32. The number of imide groups is 4. The number of methoxy groups -OCH3 is 4. The number of rotatable bonds is 6. The normalized spacial score (nSPS) is 18.6. The first-order valence-corrected chi connectivity index (χ1v) is 31.8. The molecule has 7 rings (SSSR count). The van der Waals surface area contributed by atoms with Crippen molar-refractivity contribution < 1.29 is 85.9 Å². The van der Waals surface area contributed by atoms with E-state index >= 15 is 0 Å². The van der Waals surface area contributed by atoms with E-state index in [1.54, 1.807) is 80.5 Å². The number of hydrogen-bond acceptors (Lipinski definition) is 18. The van der Waals surface area contributed by atoms with E-state index in [9.17, 15) is 52.7 Å². The Kier molecular flexibility index (Phi) is 34.8. The molecule has 6 aliphatic rings. The average molecular weight is 1290 g/mol. The summed E-state index contributed by atoms with van der Waals surface area (Å²) in [6.45, 7) is 30.3. The molecule has 0 saturated carbocycles. The van der Waals surface area contributed by atoms with Gasteiger partial charge in [0.15, 0.2) is 11.5 Å². The lowest BCUT2D eigenvalue weighted by Gasteiger charge is -2.26. The first-order chi connectivity index (χ1) is 43.2. The van der Waals surface area contributed by atoms with Crippen molar-refractivity contribution in [3.05, 3.63) is 60.2 Å². The number of ether oxygens (including phenoxy) is 7. The highest BCUT2D eigenvalue weighted by molar-refractivity contribution is 6.09. The molecule has 1 atom stereocenters. The lowest BCUT2D eigenvalue weighted by molar-refractivity contribution is -0.153. The SMILES string of the molecule is C=C1CCCCN(C(=O)/C=C/c2cc(OC)c(OC)c(OC)c2)C1=O.C=C1CCCCN(C(=O)OC(C)(C)C)C1=O.C=C1CCCCNC1=O.CC(C)(C)OC(=O)N1CCCCCC1=O.COC(=O)C1CCCCN(C(=O)OC(C)(C)C)C1=O.O=C1CCCCCN1. The van der Waals surface area contributed by atoms with Gasteiger partial charge in [-0.3, -0.25) is 43.3 Å². The third kappa shape index (κ3) is 29.9. The van der Waals surface area contributed by atoms with Gasteiger partial charge in [-0.25, -0.2) is 29.1 Å². The van der Waals surface area contributed by atoms with Gasteiger partial charge in [-0.05, 0) is 182 Å². The predicted molar refractivity (Wildman–Crippen MR) is 347 cm³/mol. The molecule has 1 aromatic carbocycles. The van der Waals surface area contributed by atoms with Gasteiger partial charge in [-0.2, -0.15) is 0 Å². The molecule has 2 N–H and O–H groups in total. The zero-order chi connectivity index (χ0) is 69.4. The molecule has 514 valence electrons. The number of hydrogen-bond donors (Lipinski definition) is 2. The topological polar surface area (TPSA) is 289 Å². The van der Waals surface area contributed by atoms with Crippen molar-refractivity contribution in [2.24, 2.45) is 5.92 Å². The van der Waals surface area contributed by atoms with E-state index in [2.05, 4.69) is 35.1 Å². The van der Waals surface area contributed by atoms with Crippen LogP contribution < -0.4 is 24.8 Å². The van der Waals surface area contributed by atoms with Crippen LogP contribution in [-0.4, -0.2) is 170 Å². The predicted octanol–water partition coefficient (Wildman–Crippen LogP) is 10.9. The maximum Gasteiger partial charge on any atom is 0.417 e. The zero-order valence-electron chi connectivity index (χ0n) is 57.0. The van der Waals surface area contributed by atoms with Gasteiger partial charge >= 0.3 is 24.2 Å². The minimum atomic E-state index is -0.903. The van der Waals surface area contributed by atoms with Crippen LogP contribution in [0.1, 0.15) is 196 Å². The Morgan fingerprint density at radius 2 is 0.913 bits per heavy atom. The molecule has 6 aliphatic heterocycles. The number of carbonyl (C=O) groups excluding carboxylic acids is 11. The summed E-state index contributed by atoms with van der Waals surface area (Å²) in [5, 5.41) is 5.56. The van der Waals surface area contributed by atoms with Gasteiger partial charge in [0.05, 0.1) is 28.4 Å². The van der Waals surface area contributed by atoms with E-state index < -0.39 is 52.9 Å². The van der Waals surface area contributed by atoms with Crippen LogP contribution in [0, 0.1) is 5.92 Å². The molecule has 0 radical (unpaired) electrons. The standard InChI is InChI=1S/C19H23NO5.C13H21NO5.C12H19NO3.C11H19NO3.C7H11NO.C6H11NO/c1-13-7-5-6-10-20(19(13)22)17(21)9-8-14-11-15(23-2)18(25-4)16(12-14)24-3;1-13(2,3)19-12(17)14-8-6-5-7-9(10(14)15)11(16)18-4;1-9-7-5-6-8-13(10(9)14)11(15)16-12(2,3)4;1-11(2,3)15-10(14)12-8-6-4-5-7-9(12)13;1-6-4-2-3-5-8-7(6)9;8-6-4-2-1-3-5-7-6/h8-9,11-12H,1,5-7,10H2,2-4H3;9H,5-8H2,1-4H3;1,5-8H2,2-4H3;4-8H2,1-3H3;1-5H2,(H,8,9);1-5H2,(H,7,8)/b9-8+;;;;;. The second-order valence-electron chi connectivity index (χ2n) is 25.5. The van der Waals surface area contributed by atoms with Gasteiger partial charge in [-0.1, -0.05) is 39.0 Å². The van der Waals surface area contributed by atoms with Crippen LogP contribution in [0.4, 0.5) is 14.4 Å². The third-order valence-electron chi connectivity index (χ3n) is 14.2. The number of likely N-dealkylation sites (tertiary alicyclic amines) is 4. The Morgan fingerprint density at radius 1 is 0.489 bits per heavy atom. The number of nitrogens with one attached hydrogen (secondary N) is 2. The van der Waals surface area contributed by atoms with E-state index in [-0.39, 0.29) is 42.0 Å². The van der Waals surface area contributed by atoms with Crippen molar-refractivity contribution in [3.8, 4) is 17.2 Å². The van der Waals surface area contributed by atoms with E-state index in [1.807, 2.05) is 0 Å². The Labute approximate surface area is 544 Å². The van der Waals surface area contributed by atoms with Crippen LogP contribution in [0.2, 0.25) is 0 Å². The van der Waals surface area contributed by atoms with Crippen LogP contribution in [0.15, 0.2) is 54.7 Å². The zero-order valence-corrected chi connectivity index (χ0v) is 57.0. The molecule has 24 heteroatoms. The fourth-order valence-electron chi connectivity index (χ4n) is 9.37. The van der Waals surface area contributed by atoms with Crippen LogP contribution >= 0.6 is 0 Å². The molecule has 1 unspecified atom stereocenters. The summed E-state index contributed by atoms with van der Waals surface area (Å²) in [5.74, 6) is -1.37. The van der Waals surface area contributed by atoms with Crippen molar-refractivity contribution in [1.29, 1.82) is 0 Å². The van der Waals surface area contributed by atoms with Crippen LogP contribution in [0.25, 0.3) is 6.08 Å². The summed E-state index contributed by atoms with van der Waals surface area (Å²) in [5.41, 5.74) is 0.603. The molecular weight excluding hydrogens is 1190 g/mol. The molecule has 0 aromatic heterocycles. The van der Waals surface area contributed by atoms with Gasteiger partial charge in [0.1, 0.15) is 22.7 Å². The number of carbonyl (C=O) groups is 11. The fraction of sp³-hybridized carbons (Fsp3) is 0.632. The summed E-state index contributed by atoms with van der Waals surface area (Å²) in [4.78, 5) is 133. The maximum atomic E-state index is 12.4. The third-order valence-corrected chi connectivity index (χ3v) is 14.2. The molecule has 0 bridgehead atoms. The second kappa shape index (κ2) is 40.0. The summed E-state index contributed by atoms with van der Waals surface area (Å²) >= 11 is 0. The van der Waals surface area contributed by atoms with Crippen LogP contribution in [0.3, 0.4) is 0 Å². The molecular formula is C68H104N6O18. The van der Waals surface area contributed by atoms with Crippen molar-refractivity contribution in [1.82, 2.24) is 30.2 Å². The summed E-state index contributed by atoms with van der Waals surface area (Å²) < 4.78 is 36.0. The molecule has 1 aromatic rings. The van der Waals surface area contributed by atoms with Crippen molar-refractivity contribution in [2.45, 2.75) is 208 Å². The minimum Gasteiger partial charge on any atom is -0.493 e. The molecule has 92 heavy (non-hydrogen) atoms. The maximum absolute atomic E-state index is 12.4. The van der Waals surface area contributed by atoms with Gasteiger partial charge in [-0.15, -0.1) is 0 Å². The second-order valence-corrected chi connectivity index (χ2v) is 25.5. The quantitative estimate of drug-likeness (QED) is 0.116. The monoisotopic (exact) mass is 1290 g/mol. The van der Waals surface area contributed by atoms with E-state index in [4.69, 9.17) is 28.4 Å². The van der Waals surface area contributed by atoms with Crippen LogP contribution in [0.5, 0.6) is 17.2 Å². The molecule has 6 heterocycles. The van der Waals surface area contributed by atoms with Crippen molar-refractivity contribution in [3.63, 3.8) is 0 Å². The Hall–Kier alpha value is -8.05. The summed E-state index contributed by atoms with van der Waals surface area (Å²) in [6, 6.07) is 3.46. The number of esters is 1. The lowest BCUT2D eigenvalue weighted by atomic mass is 10.0. The van der Waals surface area contributed by atoms with Crippen molar-refractivity contribution >= 4 is 71.7 Å². The number of amides is 10. The first kappa shape index (κ1) is 80.0. The van der Waals surface area contributed by atoms with Crippen LogP contribution in [-0.2, 0) is 57.3 Å². The molecule has 10 amide bonds. The van der Waals surface area contributed by atoms with Crippen molar-refractivity contribution in [2.75, 3.05) is 67.7 Å². The Balaban J connectivity index is 0.000000390. The number of nitrogens with zero attached hydrogens (tertiary/aromatic N) is 4. The summed E-state index contributed by atoms with van der Waals surface area (Å²) in [6.07, 6.45) is 18.1. The smallest absolute Gasteiger partial charge is 0.417 e. The molecule has 0 aliphatic carbocycles. The van der Waals surface area contributed by atoms with E-state index in [0.29, 0.717) is 92.1 Å². The van der Waals surface area contributed by atoms with Gasteiger partial charge < -0.3 is 43.8 Å². The number of benzene rings is 1. The molecule has 0 spiro atoms. The Bertz CT molecular complexity index is 2720. The van der Waals surface area contributed by atoms with E-state index in [1.165, 1.54) is 50.7 Å². The van der Waals surface area contributed by atoms with Gasteiger partial charge in [0.25, 0.3) is 17.7 Å².